The van der Waals surface area contributed by atoms with E-state index in [1.807, 2.05) is 6.07 Å². The van der Waals surface area contributed by atoms with Crippen molar-refractivity contribution in [2.45, 2.75) is 39.2 Å². The molecule has 2 rings (SSSR count). The molecule has 0 unspecified atom stereocenters. The van der Waals surface area contributed by atoms with E-state index >= 15 is 0 Å². The summed E-state index contributed by atoms with van der Waals surface area (Å²) in [5.74, 6) is -0.203. The molecule has 0 saturated carbocycles. The third-order valence-corrected chi connectivity index (χ3v) is 3.72. The van der Waals surface area contributed by atoms with Gasteiger partial charge in [-0.1, -0.05) is 12.1 Å². The fourth-order valence-corrected chi connectivity index (χ4v) is 2.56. The summed E-state index contributed by atoms with van der Waals surface area (Å²) < 4.78 is 0. The molecule has 0 aliphatic carbocycles. The number of rotatable bonds is 2. The van der Waals surface area contributed by atoms with Crippen molar-refractivity contribution in [3.05, 3.63) is 29.3 Å². The molecule has 3 heteroatoms. The van der Waals surface area contributed by atoms with Gasteiger partial charge < -0.3 is 10.6 Å². The van der Waals surface area contributed by atoms with Crippen molar-refractivity contribution in [1.82, 2.24) is 0 Å². The van der Waals surface area contributed by atoms with Gasteiger partial charge in [-0.25, -0.2) is 0 Å². The number of primary amides is 1. The standard InChI is InChI=1S/C14H20N2O/c1-10-6-5-8-12(11(10)2)16-9-4-3-7-13(16)14(15)17/h5-6,8,13H,3-4,7,9H2,1-2H3,(H2,15,17)/t13-/m0/s1. The number of nitrogens with zero attached hydrogens (tertiary/aromatic N) is 1. The first-order valence-corrected chi connectivity index (χ1v) is 6.23. The second-order valence-electron chi connectivity index (χ2n) is 4.83. The van der Waals surface area contributed by atoms with Gasteiger partial charge in [0.25, 0.3) is 0 Å². The summed E-state index contributed by atoms with van der Waals surface area (Å²) in [4.78, 5) is 13.7. The second kappa shape index (κ2) is 4.78. The lowest BCUT2D eigenvalue weighted by Crippen LogP contribution is -2.48. The van der Waals surface area contributed by atoms with Crippen molar-refractivity contribution in [3.63, 3.8) is 0 Å². The number of anilines is 1. The summed E-state index contributed by atoms with van der Waals surface area (Å²) in [5, 5.41) is 0. The molecule has 1 heterocycles. The van der Waals surface area contributed by atoms with E-state index in [1.165, 1.54) is 11.1 Å². The Kier molecular flexibility index (Phi) is 3.36. The molecule has 2 N–H and O–H groups in total. The molecule has 0 bridgehead atoms. The van der Waals surface area contributed by atoms with Crippen LogP contribution in [0, 0.1) is 13.8 Å². The van der Waals surface area contributed by atoms with Crippen LogP contribution in [0.3, 0.4) is 0 Å². The van der Waals surface area contributed by atoms with Crippen molar-refractivity contribution in [2.24, 2.45) is 5.73 Å². The molecule has 92 valence electrons. The Bertz CT molecular complexity index is 428. The van der Waals surface area contributed by atoms with Crippen LogP contribution in [0.4, 0.5) is 5.69 Å². The van der Waals surface area contributed by atoms with E-state index < -0.39 is 0 Å². The van der Waals surface area contributed by atoms with Crippen LogP contribution in [0.1, 0.15) is 30.4 Å². The maximum absolute atomic E-state index is 11.5. The van der Waals surface area contributed by atoms with Crippen molar-refractivity contribution in [3.8, 4) is 0 Å². The number of piperidine rings is 1. The van der Waals surface area contributed by atoms with E-state index in [2.05, 4.69) is 30.9 Å². The lowest BCUT2D eigenvalue weighted by atomic mass is 9.98. The molecule has 3 nitrogen and oxygen atoms in total. The van der Waals surface area contributed by atoms with Crippen LogP contribution < -0.4 is 10.6 Å². The van der Waals surface area contributed by atoms with Crippen molar-refractivity contribution < 1.29 is 4.79 Å². The highest BCUT2D eigenvalue weighted by atomic mass is 16.1. The molecule has 0 aromatic heterocycles. The second-order valence-corrected chi connectivity index (χ2v) is 4.83. The summed E-state index contributed by atoms with van der Waals surface area (Å²) in [7, 11) is 0. The van der Waals surface area contributed by atoms with Crippen molar-refractivity contribution in [2.75, 3.05) is 11.4 Å². The van der Waals surface area contributed by atoms with E-state index in [-0.39, 0.29) is 11.9 Å². The molecule has 0 spiro atoms. The average molecular weight is 232 g/mol. The molecular formula is C14H20N2O. The fraction of sp³-hybridized carbons (Fsp3) is 0.500. The van der Waals surface area contributed by atoms with Gasteiger partial charge in [0.2, 0.25) is 5.91 Å². The highest BCUT2D eigenvalue weighted by Crippen LogP contribution is 2.29. The fourth-order valence-electron chi connectivity index (χ4n) is 2.56. The van der Waals surface area contributed by atoms with Gasteiger partial charge in [-0.3, -0.25) is 4.79 Å². The van der Waals surface area contributed by atoms with Crippen molar-refractivity contribution >= 4 is 11.6 Å². The predicted octanol–water partition coefficient (Wildman–Crippen LogP) is 2.15. The van der Waals surface area contributed by atoms with Gasteiger partial charge in [0.05, 0.1) is 0 Å². The lowest BCUT2D eigenvalue weighted by molar-refractivity contribution is -0.119. The molecule has 1 amide bonds. The zero-order valence-corrected chi connectivity index (χ0v) is 10.6. The molecule has 17 heavy (non-hydrogen) atoms. The van der Waals surface area contributed by atoms with Crippen LogP contribution in [0.25, 0.3) is 0 Å². The molecule has 1 aliphatic rings. The van der Waals surface area contributed by atoms with Gasteiger partial charge in [-0.05, 0) is 50.3 Å². The number of hydrogen-bond donors (Lipinski definition) is 1. The Morgan fingerprint density at radius 1 is 1.35 bits per heavy atom. The lowest BCUT2D eigenvalue weighted by Gasteiger charge is -2.36. The molecule has 1 saturated heterocycles. The molecule has 1 aliphatic heterocycles. The van der Waals surface area contributed by atoms with Crippen LogP contribution in [0.5, 0.6) is 0 Å². The van der Waals surface area contributed by atoms with E-state index in [4.69, 9.17) is 5.73 Å². The van der Waals surface area contributed by atoms with E-state index in [9.17, 15) is 4.79 Å². The first-order valence-electron chi connectivity index (χ1n) is 6.23. The van der Waals surface area contributed by atoms with Crippen LogP contribution >= 0.6 is 0 Å². The number of benzene rings is 1. The number of nitrogens with two attached hydrogens (primary N) is 1. The van der Waals surface area contributed by atoms with Crippen molar-refractivity contribution in [1.29, 1.82) is 0 Å². The highest BCUT2D eigenvalue weighted by molar-refractivity contribution is 5.84. The van der Waals surface area contributed by atoms with Crippen LogP contribution in [0.15, 0.2) is 18.2 Å². The Morgan fingerprint density at radius 2 is 2.12 bits per heavy atom. The SMILES string of the molecule is Cc1cccc(N2CCCC[C@H]2C(N)=O)c1C. The van der Waals surface area contributed by atoms with E-state index in [0.29, 0.717) is 0 Å². The Morgan fingerprint density at radius 3 is 2.82 bits per heavy atom. The van der Waals surface area contributed by atoms with Gasteiger partial charge >= 0.3 is 0 Å². The molecule has 1 atom stereocenters. The first kappa shape index (κ1) is 12.0. The maximum Gasteiger partial charge on any atom is 0.240 e. The molecule has 0 radical (unpaired) electrons. The monoisotopic (exact) mass is 232 g/mol. The Hall–Kier alpha value is -1.51. The average Bonchev–Trinajstić information content (AvgIpc) is 2.33. The van der Waals surface area contributed by atoms with Crippen LogP contribution in [-0.4, -0.2) is 18.5 Å². The number of carbonyl (C=O) groups is 1. The van der Waals surface area contributed by atoms with Gasteiger partial charge in [-0.2, -0.15) is 0 Å². The molecule has 1 fully saturated rings. The quantitative estimate of drug-likeness (QED) is 0.849. The number of hydrogen-bond acceptors (Lipinski definition) is 2. The highest BCUT2D eigenvalue weighted by Gasteiger charge is 2.27. The largest absolute Gasteiger partial charge is 0.368 e. The molecule has 1 aromatic rings. The third kappa shape index (κ3) is 2.28. The predicted molar refractivity (Wildman–Crippen MR) is 70.1 cm³/mol. The zero-order valence-electron chi connectivity index (χ0n) is 10.6. The summed E-state index contributed by atoms with van der Waals surface area (Å²) in [6, 6.07) is 6.10. The van der Waals surface area contributed by atoms with Crippen LogP contribution in [-0.2, 0) is 4.79 Å². The molecule has 1 aromatic carbocycles. The topological polar surface area (TPSA) is 46.3 Å². The van der Waals surface area contributed by atoms with Crippen LogP contribution in [0.2, 0.25) is 0 Å². The first-order chi connectivity index (χ1) is 8.11. The third-order valence-electron chi connectivity index (χ3n) is 3.72. The Balaban J connectivity index is 2.36. The number of amides is 1. The van der Waals surface area contributed by atoms with Gasteiger partial charge in [0, 0.05) is 12.2 Å². The van der Waals surface area contributed by atoms with E-state index in [1.54, 1.807) is 0 Å². The van der Waals surface area contributed by atoms with Gasteiger partial charge in [-0.15, -0.1) is 0 Å². The summed E-state index contributed by atoms with van der Waals surface area (Å²) in [6.07, 6.45) is 3.11. The smallest absolute Gasteiger partial charge is 0.240 e. The normalized spacial score (nSPS) is 20.4. The minimum Gasteiger partial charge on any atom is -0.368 e. The Labute approximate surface area is 103 Å². The van der Waals surface area contributed by atoms with E-state index in [0.717, 1.165) is 31.5 Å². The number of aryl methyl sites for hydroxylation is 1. The minimum absolute atomic E-state index is 0.135. The summed E-state index contributed by atoms with van der Waals surface area (Å²) >= 11 is 0. The zero-order chi connectivity index (χ0) is 12.4. The van der Waals surface area contributed by atoms with Gasteiger partial charge in [0.1, 0.15) is 6.04 Å². The summed E-state index contributed by atoms with van der Waals surface area (Å²) in [5.41, 5.74) is 9.17. The van der Waals surface area contributed by atoms with Gasteiger partial charge in [0.15, 0.2) is 0 Å². The minimum atomic E-state index is -0.203. The summed E-state index contributed by atoms with van der Waals surface area (Å²) in [6.45, 7) is 5.14. The number of carbonyl (C=O) groups excluding carboxylic acids is 1. The molecular weight excluding hydrogens is 212 g/mol. The maximum atomic E-state index is 11.5.